The lowest BCUT2D eigenvalue weighted by Crippen LogP contribution is -2.47. The fourth-order valence-corrected chi connectivity index (χ4v) is 3.60. The van der Waals surface area contributed by atoms with Crippen molar-refractivity contribution in [3.8, 4) is 0 Å². The number of imide groups is 1. The molecule has 3 rings (SSSR count). The molecule has 2 aromatic rings. The summed E-state index contributed by atoms with van der Waals surface area (Å²) in [6.45, 7) is 5.34. The molecule has 1 heterocycles. The van der Waals surface area contributed by atoms with Crippen molar-refractivity contribution in [2.75, 3.05) is 0 Å². The number of carbonyl (C=O) groups is 3. The van der Waals surface area contributed by atoms with Gasteiger partial charge < -0.3 is 14.6 Å². The first kappa shape index (κ1) is 21.5. The molecule has 9 heteroatoms. The molecule has 0 unspecified atom stereocenters. The van der Waals surface area contributed by atoms with E-state index in [9.17, 15) is 19.2 Å². The van der Waals surface area contributed by atoms with Crippen LogP contribution < -0.4 is 16.2 Å². The number of ether oxygens (including phenoxy) is 1. The maximum atomic E-state index is 12.5. The highest BCUT2D eigenvalue weighted by atomic mass is 16.5. The highest BCUT2D eigenvalue weighted by molar-refractivity contribution is 5.99. The lowest BCUT2D eigenvalue weighted by Gasteiger charge is -2.16. The number of urea groups is 1. The van der Waals surface area contributed by atoms with Crippen molar-refractivity contribution in [3.05, 3.63) is 39.8 Å². The topological polar surface area (TPSA) is 119 Å². The number of aromatic nitrogens is 2. The Kier molecular flexibility index (Phi) is 6.49. The highest BCUT2D eigenvalue weighted by Crippen LogP contribution is 2.17. The number of benzene rings is 1. The van der Waals surface area contributed by atoms with Crippen molar-refractivity contribution in [2.24, 2.45) is 0 Å². The minimum atomic E-state index is -1.15. The Balaban J connectivity index is 1.66. The van der Waals surface area contributed by atoms with Gasteiger partial charge in [0.1, 0.15) is 5.69 Å². The number of aryl methyl sites for hydroxylation is 2. The van der Waals surface area contributed by atoms with Gasteiger partial charge in [0, 0.05) is 12.6 Å². The summed E-state index contributed by atoms with van der Waals surface area (Å²) in [4.78, 5) is 53.0. The third kappa shape index (κ3) is 4.67. The monoisotopic (exact) mass is 414 g/mol. The summed E-state index contributed by atoms with van der Waals surface area (Å²) in [5, 5.41) is 4.95. The van der Waals surface area contributed by atoms with Crippen LogP contribution in [0.1, 0.15) is 55.6 Å². The molecule has 1 saturated carbocycles. The summed E-state index contributed by atoms with van der Waals surface area (Å²) in [5.74, 6) is -1.42. The van der Waals surface area contributed by atoms with E-state index in [0.29, 0.717) is 23.3 Å². The van der Waals surface area contributed by atoms with Gasteiger partial charge in [-0.1, -0.05) is 12.8 Å². The van der Waals surface area contributed by atoms with Crippen LogP contribution in [-0.2, 0) is 16.1 Å². The van der Waals surface area contributed by atoms with Crippen LogP contribution in [0.2, 0.25) is 0 Å². The molecule has 1 fully saturated rings. The lowest BCUT2D eigenvalue weighted by molar-refractivity contribution is -0.127. The van der Waals surface area contributed by atoms with Crippen molar-refractivity contribution in [3.63, 3.8) is 0 Å². The molecule has 0 spiro atoms. The van der Waals surface area contributed by atoms with Crippen LogP contribution in [0.15, 0.2) is 23.0 Å². The largest absolute Gasteiger partial charge is 0.449 e. The molecule has 0 radical (unpaired) electrons. The standard InChI is InChI=1S/C21H26N4O5/c1-4-25-17-10-9-14(11-16(17)22-12(2)19(25)27)20(28)30-13(3)18(26)24-21(29)23-15-7-5-6-8-15/h9-11,13,15H,4-8H2,1-3H3,(H2,23,24,26,29)/t13-/m1/s1. The Morgan fingerprint density at radius 3 is 2.63 bits per heavy atom. The Morgan fingerprint density at radius 1 is 1.27 bits per heavy atom. The van der Waals surface area contributed by atoms with E-state index < -0.39 is 24.0 Å². The van der Waals surface area contributed by atoms with Crippen LogP contribution in [0.5, 0.6) is 0 Å². The van der Waals surface area contributed by atoms with Crippen molar-refractivity contribution >= 4 is 28.9 Å². The molecular weight excluding hydrogens is 388 g/mol. The van der Waals surface area contributed by atoms with Gasteiger partial charge in [-0.2, -0.15) is 0 Å². The number of amides is 3. The fourth-order valence-electron chi connectivity index (χ4n) is 3.60. The van der Waals surface area contributed by atoms with Gasteiger partial charge >= 0.3 is 12.0 Å². The highest BCUT2D eigenvalue weighted by Gasteiger charge is 2.23. The van der Waals surface area contributed by atoms with Gasteiger partial charge in [-0.25, -0.2) is 14.6 Å². The molecule has 1 aromatic heterocycles. The zero-order valence-corrected chi connectivity index (χ0v) is 17.4. The number of esters is 1. The van der Waals surface area contributed by atoms with E-state index in [1.54, 1.807) is 17.6 Å². The van der Waals surface area contributed by atoms with E-state index >= 15 is 0 Å². The molecule has 30 heavy (non-hydrogen) atoms. The Labute approximate surface area is 173 Å². The zero-order valence-electron chi connectivity index (χ0n) is 17.4. The Morgan fingerprint density at radius 2 is 1.97 bits per heavy atom. The zero-order chi connectivity index (χ0) is 21.8. The van der Waals surface area contributed by atoms with Gasteiger partial charge in [0.05, 0.1) is 16.6 Å². The number of hydrogen-bond donors (Lipinski definition) is 2. The second-order valence-electron chi connectivity index (χ2n) is 7.44. The number of nitrogens with one attached hydrogen (secondary N) is 2. The number of hydrogen-bond acceptors (Lipinski definition) is 6. The summed E-state index contributed by atoms with van der Waals surface area (Å²) in [5.41, 5.74) is 1.44. The molecule has 160 valence electrons. The summed E-state index contributed by atoms with van der Waals surface area (Å²) in [6, 6.07) is 4.16. The van der Waals surface area contributed by atoms with Gasteiger partial charge in [-0.05, 0) is 51.8 Å². The van der Waals surface area contributed by atoms with Crippen LogP contribution >= 0.6 is 0 Å². The number of rotatable bonds is 5. The van der Waals surface area contributed by atoms with Gasteiger partial charge in [0.2, 0.25) is 0 Å². The fraction of sp³-hybridized carbons (Fsp3) is 0.476. The van der Waals surface area contributed by atoms with E-state index in [1.807, 2.05) is 6.92 Å². The predicted molar refractivity (Wildman–Crippen MR) is 110 cm³/mol. The maximum Gasteiger partial charge on any atom is 0.338 e. The summed E-state index contributed by atoms with van der Waals surface area (Å²) in [7, 11) is 0. The van der Waals surface area contributed by atoms with E-state index in [4.69, 9.17) is 4.74 Å². The van der Waals surface area contributed by atoms with Crippen LogP contribution in [0.25, 0.3) is 11.0 Å². The van der Waals surface area contributed by atoms with Crippen LogP contribution in [0.4, 0.5) is 4.79 Å². The van der Waals surface area contributed by atoms with E-state index in [-0.39, 0.29) is 17.2 Å². The molecule has 1 aromatic carbocycles. The molecule has 1 aliphatic rings. The molecule has 1 atom stereocenters. The second kappa shape index (κ2) is 9.06. The molecule has 3 amide bonds. The number of nitrogens with zero attached hydrogens (tertiary/aromatic N) is 2. The molecule has 9 nitrogen and oxygen atoms in total. The number of carbonyl (C=O) groups excluding carboxylic acids is 3. The molecule has 0 bridgehead atoms. The first-order valence-electron chi connectivity index (χ1n) is 10.1. The Hall–Kier alpha value is -3.23. The van der Waals surface area contributed by atoms with Gasteiger partial charge in [-0.15, -0.1) is 0 Å². The van der Waals surface area contributed by atoms with E-state index in [0.717, 1.165) is 25.7 Å². The first-order valence-corrected chi connectivity index (χ1v) is 10.1. The smallest absolute Gasteiger partial charge is 0.338 e. The first-order chi connectivity index (χ1) is 14.3. The normalized spacial score (nSPS) is 15.0. The maximum absolute atomic E-state index is 12.5. The lowest BCUT2D eigenvalue weighted by atomic mass is 10.2. The molecule has 0 saturated heterocycles. The average Bonchev–Trinajstić information content (AvgIpc) is 3.21. The van der Waals surface area contributed by atoms with Crippen LogP contribution in [-0.4, -0.2) is 39.6 Å². The molecule has 1 aliphatic carbocycles. The Bertz CT molecular complexity index is 1040. The van der Waals surface area contributed by atoms with E-state index in [1.165, 1.54) is 19.1 Å². The minimum absolute atomic E-state index is 0.0738. The number of fused-ring (bicyclic) bond motifs is 1. The van der Waals surface area contributed by atoms with Crippen LogP contribution in [0, 0.1) is 6.92 Å². The molecular formula is C21H26N4O5. The molecule has 0 aliphatic heterocycles. The third-order valence-corrected chi connectivity index (χ3v) is 5.24. The molecule has 2 N–H and O–H groups in total. The van der Waals surface area contributed by atoms with Crippen molar-refractivity contribution in [1.29, 1.82) is 0 Å². The van der Waals surface area contributed by atoms with Crippen LogP contribution in [0.3, 0.4) is 0 Å². The van der Waals surface area contributed by atoms with Crippen molar-refractivity contribution < 1.29 is 19.1 Å². The summed E-state index contributed by atoms with van der Waals surface area (Å²) in [6.07, 6.45) is 2.76. The summed E-state index contributed by atoms with van der Waals surface area (Å²) < 4.78 is 6.78. The quantitative estimate of drug-likeness (QED) is 0.723. The van der Waals surface area contributed by atoms with E-state index in [2.05, 4.69) is 15.6 Å². The third-order valence-electron chi connectivity index (χ3n) is 5.24. The van der Waals surface area contributed by atoms with Gasteiger partial charge in [0.25, 0.3) is 11.5 Å². The van der Waals surface area contributed by atoms with Crippen molar-refractivity contribution in [2.45, 2.75) is 65.1 Å². The van der Waals surface area contributed by atoms with Crippen molar-refractivity contribution in [1.82, 2.24) is 20.2 Å². The predicted octanol–water partition coefficient (Wildman–Crippen LogP) is 2.04. The van der Waals surface area contributed by atoms with Gasteiger partial charge in [-0.3, -0.25) is 14.9 Å². The second-order valence-corrected chi connectivity index (χ2v) is 7.44. The summed E-state index contributed by atoms with van der Waals surface area (Å²) >= 11 is 0. The SMILES string of the molecule is CCn1c(=O)c(C)nc2cc(C(=O)O[C@H](C)C(=O)NC(=O)NC3CCCC3)ccc21. The minimum Gasteiger partial charge on any atom is -0.449 e. The average molecular weight is 414 g/mol. The van der Waals surface area contributed by atoms with Gasteiger partial charge in [0.15, 0.2) is 6.10 Å².